The molecule has 12 heavy (non-hydrogen) atoms. The number of rotatable bonds is 2. The third-order valence-electron chi connectivity index (χ3n) is 1.20. The molecule has 0 unspecified atom stereocenters. The van der Waals surface area contributed by atoms with E-state index in [4.69, 9.17) is 22.8 Å². The molecule has 0 aliphatic rings. The summed E-state index contributed by atoms with van der Waals surface area (Å²) in [5.41, 5.74) is 0. The summed E-state index contributed by atoms with van der Waals surface area (Å²) in [5, 5.41) is 0.353. The van der Waals surface area contributed by atoms with Gasteiger partial charge in [-0.25, -0.2) is 4.39 Å². The van der Waals surface area contributed by atoms with E-state index in [0.717, 1.165) is 0 Å². The summed E-state index contributed by atoms with van der Waals surface area (Å²) in [6.07, 6.45) is 4.95. The van der Waals surface area contributed by atoms with Crippen LogP contribution in [-0.4, -0.2) is 6.61 Å². The van der Waals surface area contributed by atoms with Gasteiger partial charge in [-0.2, -0.15) is 0 Å². The number of benzene rings is 1. The molecule has 3 heteroatoms. The predicted molar refractivity (Wildman–Crippen MR) is 45.7 cm³/mol. The highest BCUT2D eigenvalue weighted by Crippen LogP contribution is 2.24. The van der Waals surface area contributed by atoms with Crippen molar-refractivity contribution in [2.75, 3.05) is 6.61 Å². The van der Waals surface area contributed by atoms with Crippen molar-refractivity contribution in [3.63, 3.8) is 0 Å². The molecule has 0 aliphatic carbocycles. The fourth-order valence-corrected chi connectivity index (χ4v) is 0.879. The van der Waals surface area contributed by atoms with Gasteiger partial charge in [0.2, 0.25) is 0 Å². The summed E-state index contributed by atoms with van der Waals surface area (Å²) in [4.78, 5) is 0. The van der Waals surface area contributed by atoms with Crippen molar-refractivity contribution in [3.8, 4) is 18.1 Å². The van der Waals surface area contributed by atoms with E-state index in [1.807, 2.05) is 0 Å². The van der Waals surface area contributed by atoms with Gasteiger partial charge in [-0.05, 0) is 12.1 Å². The fourth-order valence-electron chi connectivity index (χ4n) is 0.707. The molecule has 1 nitrogen and oxygen atoms in total. The minimum Gasteiger partial charge on any atom is -0.479 e. The van der Waals surface area contributed by atoms with Crippen LogP contribution in [0.2, 0.25) is 5.02 Å². The highest BCUT2D eigenvalue weighted by atomic mass is 35.5. The average Bonchev–Trinajstić information content (AvgIpc) is 2.07. The van der Waals surface area contributed by atoms with Crippen molar-refractivity contribution in [1.82, 2.24) is 0 Å². The molecule has 0 spiro atoms. The standard InChI is InChI=1S/C9H6ClFO/c1-2-5-12-9-6-7(11)3-4-8(9)10/h1,3-4,6H,5H2. The summed E-state index contributed by atoms with van der Waals surface area (Å²) in [6.45, 7) is 0.0865. The molecule has 0 fully saturated rings. The Balaban J connectivity index is 2.84. The first kappa shape index (κ1) is 8.89. The van der Waals surface area contributed by atoms with Gasteiger partial charge in [0.15, 0.2) is 0 Å². The van der Waals surface area contributed by atoms with Crippen molar-refractivity contribution in [3.05, 3.63) is 29.0 Å². The molecule has 0 heterocycles. The van der Waals surface area contributed by atoms with Crippen molar-refractivity contribution in [1.29, 1.82) is 0 Å². The second-order valence-electron chi connectivity index (χ2n) is 2.07. The maximum atomic E-state index is 12.6. The lowest BCUT2D eigenvalue weighted by Crippen LogP contribution is -1.94. The number of halogens is 2. The van der Waals surface area contributed by atoms with Crippen LogP contribution in [0.1, 0.15) is 0 Å². The summed E-state index contributed by atoms with van der Waals surface area (Å²) in [7, 11) is 0. The second kappa shape index (κ2) is 3.99. The first-order chi connectivity index (χ1) is 5.74. The van der Waals surface area contributed by atoms with Crippen LogP contribution in [0.4, 0.5) is 4.39 Å². The van der Waals surface area contributed by atoms with Crippen LogP contribution >= 0.6 is 11.6 Å². The highest BCUT2D eigenvalue weighted by Gasteiger charge is 2.01. The minimum absolute atomic E-state index is 0.0865. The molecular weight excluding hydrogens is 179 g/mol. The summed E-state index contributed by atoms with van der Waals surface area (Å²) in [5.74, 6) is 2.14. The fraction of sp³-hybridized carbons (Fsp3) is 0.111. The Morgan fingerprint density at radius 3 is 3.00 bits per heavy atom. The Labute approximate surface area is 75.1 Å². The zero-order chi connectivity index (χ0) is 8.97. The van der Waals surface area contributed by atoms with Crippen LogP contribution in [-0.2, 0) is 0 Å². The number of hydrogen-bond acceptors (Lipinski definition) is 1. The van der Waals surface area contributed by atoms with Crippen LogP contribution in [0.15, 0.2) is 18.2 Å². The predicted octanol–water partition coefficient (Wildman–Crippen LogP) is 2.49. The third-order valence-corrected chi connectivity index (χ3v) is 1.52. The van der Waals surface area contributed by atoms with Crippen molar-refractivity contribution >= 4 is 11.6 Å². The van der Waals surface area contributed by atoms with Gasteiger partial charge in [-0.15, -0.1) is 6.42 Å². The van der Waals surface area contributed by atoms with E-state index in [-0.39, 0.29) is 12.4 Å². The smallest absolute Gasteiger partial charge is 0.148 e. The quantitative estimate of drug-likeness (QED) is 0.642. The van der Waals surface area contributed by atoms with Gasteiger partial charge >= 0.3 is 0 Å². The molecule has 0 radical (unpaired) electrons. The van der Waals surface area contributed by atoms with Gasteiger partial charge < -0.3 is 4.74 Å². The van der Waals surface area contributed by atoms with Gasteiger partial charge in [0.1, 0.15) is 18.2 Å². The largest absolute Gasteiger partial charge is 0.479 e. The topological polar surface area (TPSA) is 9.23 Å². The Kier molecular flexibility index (Phi) is 2.95. The van der Waals surface area contributed by atoms with Crippen LogP contribution in [0, 0.1) is 18.2 Å². The Morgan fingerprint density at radius 2 is 2.33 bits per heavy atom. The van der Waals surface area contributed by atoms with Gasteiger partial charge in [-0.1, -0.05) is 17.5 Å². The van der Waals surface area contributed by atoms with Crippen molar-refractivity contribution in [2.24, 2.45) is 0 Å². The van der Waals surface area contributed by atoms with E-state index in [2.05, 4.69) is 5.92 Å². The molecule has 1 rings (SSSR count). The normalized spacial score (nSPS) is 9.08. The van der Waals surface area contributed by atoms with E-state index in [0.29, 0.717) is 5.02 Å². The lowest BCUT2D eigenvalue weighted by molar-refractivity contribution is 0.368. The Hall–Kier alpha value is -1.20. The average molecular weight is 185 g/mol. The molecule has 62 valence electrons. The molecule has 0 amide bonds. The molecular formula is C9H6ClFO. The van der Waals surface area contributed by atoms with E-state index in [1.54, 1.807) is 0 Å². The SMILES string of the molecule is C#CCOc1cc(F)ccc1Cl. The number of ether oxygens (including phenoxy) is 1. The molecule has 0 bridgehead atoms. The first-order valence-electron chi connectivity index (χ1n) is 3.25. The summed E-state index contributed by atoms with van der Waals surface area (Å²) in [6, 6.07) is 3.87. The number of terminal acetylenes is 1. The van der Waals surface area contributed by atoms with E-state index < -0.39 is 5.82 Å². The van der Waals surface area contributed by atoms with Gasteiger partial charge in [-0.3, -0.25) is 0 Å². The maximum Gasteiger partial charge on any atom is 0.148 e. The molecule has 0 atom stereocenters. The molecule has 1 aromatic carbocycles. The van der Waals surface area contributed by atoms with Crippen molar-refractivity contribution in [2.45, 2.75) is 0 Å². The summed E-state index contributed by atoms with van der Waals surface area (Å²) < 4.78 is 17.5. The molecule has 0 aromatic heterocycles. The van der Waals surface area contributed by atoms with Crippen molar-refractivity contribution < 1.29 is 9.13 Å². The zero-order valence-corrected chi connectivity index (χ0v) is 6.94. The van der Waals surface area contributed by atoms with Gasteiger partial charge in [0, 0.05) is 6.07 Å². The lowest BCUT2D eigenvalue weighted by atomic mass is 10.3. The van der Waals surface area contributed by atoms with Crippen LogP contribution < -0.4 is 4.74 Å². The highest BCUT2D eigenvalue weighted by molar-refractivity contribution is 6.32. The monoisotopic (exact) mass is 184 g/mol. The minimum atomic E-state index is -0.397. The maximum absolute atomic E-state index is 12.6. The Bertz CT molecular complexity index is 317. The molecule has 0 saturated heterocycles. The summed E-state index contributed by atoms with van der Waals surface area (Å²) >= 11 is 5.67. The molecule has 0 N–H and O–H groups in total. The van der Waals surface area contributed by atoms with Gasteiger partial charge in [0.05, 0.1) is 5.02 Å². The van der Waals surface area contributed by atoms with Gasteiger partial charge in [0.25, 0.3) is 0 Å². The first-order valence-corrected chi connectivity index (χ1v) is 3.63. The Morgan fingerprint density at radius 1 is 1.58 bits per heavy atom. The molecule has 0 aliphatic heterocycles. The number of hydrogen-bond donors (Lipinski definition) is 0. The molecule has 1 aromatic rings. The lowest BCUT2D eigenvalue weighted by Gasteiger charge is -2.03. The second-order valence-corrected chi connectivity index (χ2v) is 2.47. The van der Waals surface area contributed by atoms with E-state index >= 15 is 0 Å². The van der Waals surface area contributed by atoms with Crippen LogP contribution in [0.5, 0.6) is 5.75 Å². The van der Waals surface area contributed by atoms with E-state index in [9.17, 15) is 4.39 Å². The van der Waals surface area contributed by atoms with Crippen LogP contribution in [0.3, 0.4) is 0 Å². The zero-order valence-electron chi connectivity index (χ0n) is 6.18. The van der Waals surface area contributed by atoms with Crippen LogP contribution in [0.25, 0.3) is 0 Å². The molecule has 0 saturated carbocycles. The third kappa shape index (κ3) is 2.14. The van der Waals surface area contributed by atoms with E-state index in [1.165, 1.54) is 18.2 Å².